The van der Waals surface area contributed by atoms with Crippen LogP contribution in [0.3, 0.4) is 0 Å². The van der Waals surface area contributed by atoms with Gasteiger partial charge in [0.2, 0.25) is 0 Å². The summed E-state index contributed by atoms with van der Waals surface area (Å²) < 4.78 is 0. The Hall–Kier alpha value is -1.61. The maximum atomic E-state index is 8.93. The standard InChI is InChI=1S/C12H16N2O/c1-3-9-14(2)10-12(13-15)11-7-5-4-6-8-11/h3-8,15H,1,9-10H2,2H3/b13-12-. The summed E-state index contributed by atoms with van der Waals surface area (Å²) >= 11 is 0. The van der Waals surface area contributed by atoms with Crippen LogP contribution in [0, 0.1) is 0 Å². The SMILES string of the molecule is C=CCN(C)C/C(=N/O)c1ccccc1. The van der Waals surface area contributed by atoms with Crippen molar-refractivity contribution in [3.8, 4) is 0 Å². The zero-order valence-corrected chi connectivity index (χ0v) is 8.93. The van der Waals surface area contributed by atoms with Gasteiger partial charge < -0.3 is 5.21 Å². The Morgan fingerprint density at radius 3 is 2.67 bits per heavy atom. The molecule has 0 saturated carbocycles. The van der Waals surface area contributed by atoms with E-state index in [9.17, 15) is 0 Å². The highest BCUT2D eigenvalue weighted by Gasteiger charge is 2.06. The Kier molecular flexibility index (Phi) is 4.57. The lowest BCUT2D eigenvalue weighted by Gasteiger charge is -2.14. The lowest BCUT2D eigenvalue weighted by Crippen LogP contribution is -2.26. The molecule has 3 heteroatoms. The van der Waals surface area contributed by atoms with Gasteiger partial charge >= 0.3 is 0 Å². The van der Waals surface area contributed by atoms with Crippen LogP contribution in [0.25, 0.3) is 0 Å². The van der Waals surface area contributed by atoms with Crippen molar-refractivity contribution in [3.05, 3.63) is 48.6 Å². The second kappa shape index (κ2) is 5.98. The third kappa shape index (κ3) is 3.56. The molecule has 0 amide bonds. The van der Waals surface area contributed by atoms with Crippen LogP contribution in [0.4, 0.5) is 0 Å². The lowest BCUT2D eigenvalue weighted by molar-refractivity contribution is 0.313. The molecule has 80 valence electrons. The molecule has 1 N–H and O–H groups in total. The molecule has 0 spiro atoms. The molecule has 0 heterocycles. The number of nitrogens with zero attached hydrogens (tertiary/aromatic N) is 2. The van der Waals surface area contributed by atoms with Crippen molar-refractivity contribution < 1.29 is 5.21 Å². The number of hydrogen-bond donors (Lipinski definition) is 1. The molecular weight excluding hydrogens is 188 g/mol. The van der Waals surface area contributed by atoms with Crippen molar-refractivity contribution in [2.24, 2.45) is 5.16 Å². The zero-order chi connectivity index (χ0) is 11.1. The van der Waals surface area contributed by atoms with Crippen LogP contribution in [-0.4, -0.2) is 36.0 Å². The van der Waals surface area contributed by atoms with Gasteiger partial charge in [0.05, 0.1) is 0 Å². The van der Waals surface area contributed by atoms with Gasteiger partial charge in [-0.3, -0.25) is 4.90 Å². The lowest BCUT2D eigenvalue weighted by atomic mass is 10.1. The van der Waals surface area contributed by atoms with Crippen molar-refractivity contribution in [3.63, 3.8) is 0 Å². The quantitative estimate of drug-likeness (QED) is 0.344. The fourth-order valence-corrected chi connectivity index (χ4v) is 1.35. The zero-order valence-electron chi connectivity index (χ0n) is 8.93. The summed E-state index contributed by atoms with van der Waals surface area (Å²) in [5.74, 6) is 0. The van der Waals surface area contributed by atoms with Crippen LogP contribution in [0.1, 0.15) is 5.56 Å². The Morgan fingerprint density at radius 1 is 1.47 bits per heavy atom. The molecule has 0 fully saturated rings. The molecule has 0 aromatic heterocycles. The average molecular weight is 204 g/mol. The maximum absolute atomic E-state index is 8.93. The molecule has 3 nitrogen and oxygen atoms in total. The van der Waals surface area contributed by atoms with Crippen LogP contribution in [0.2, 0.25) is 0 Å². The number of hydrogen-bond acceptors (Lipinski definition) is 3. The fraction of sp³-hybridized carbons (Fsp3) is 0.250. The summed E-state index contributed by atoms with van der Waals surface area (Å²) in [5.41, 5.74) is 1.61. The molecule has 0 atom stereocenters. The highest BCUT2D eigenvalue weighted by atomic mass is 16.4. The van der Waals surface area contributed by atoms with Crippen LogP contribution in [0.15, 0.2) is 48.1 Å². The van der Waals surface area contributed by atoms with Gasteiger partial charge in [-0.2, -0.15) is 0 Å². The van der Waals surface area contributed by atoms with E-state index in [4.69, 9.17) is 5.21 Å². The minimum Gasteiger partial charge on any atom is -0.411 e. The van der Waals surface area contributed by atoms with Crippen molar-refractivity contribution in [1.82, 2.24) is 4.90 Å². The van der Waals surface area contributed by atoms with Crippen molar-refractivity contribution in [2.45, 2.75) is 0 Å². The predicted molar refractivity (Wildman–Crippen MR) is 62.5 cm³/mol. The molecule has 0 bridgehead atoms. The third-order valence-corrected chi connectivity index (χ3v) is 2.09. The van der Waals surface area contributed by atoms with Gasteiger partial charge in [-0.05, 0) is 7.05 Å². The number of rotatable bonds is 5. The van der Waals surface area contributed by atoms with Crippen molar-refractivity contribution in [2.75, 3.05) is 20.1 Å². The second-order valence-electron chi connectivity index (χ2n) is 3.40. The first-order valence-electron chi connectivity index (χ1n) is 4.83. The van der Waals surface area contributed by atoms with Gasteiger partial charge in [0.15, 0.2) is 0 Å². The molecule has 1 rings (SSSR count). The highest BCUT2D eigenvalue weighted by molar-refractivity contribution is 6.01. The van der Waals surface area contributed by atoms with Crippen LogP contribution < -0.4 is 0 Å². The van der Waals surface area contributed by atoms with Crippen LogP contribution >= 0.6 is 0 Å². The Balaban J connectivity index is 2.70. The second-order valence-corrected chi connectivity index (χ2v) is 3.40. The number of oxime groups is 1. The van der Waals surface area contributed by atoms with E-state index < -0.39 is 0 Å². The van der Waals surface area contributed by atoms with Gasteiger partial charge in [0.1, 0.15) is 5.71 Å². The first-order chi connectivity index (χ1) is 7.27. The average Bonchev–Trinajstić information content (AvgIpc) is 2.27. The Labute approximate surface area is 90.3 Å². The van der Waals surface area contributed by atoms with Gasteiger partial charge in [0, 0.05) is 18.7 Å². The summed E-state index contributed by atoms with van der Waals surface area (Å²) in [6.07, 6.45) is 1.82. The molecular formula is C12H16N2O. The summed E-state index contributed by atoms with van der Waals surface area (Å²) in [6.45, 7) is 5.04. The van der Waals surface area contributed by atoms with Crippen molar-refractivity contribution in [1.29, 1.82) is 0 Å². The normalized spacial score (nSPS) is 11.7. The van der Waals surface area contributed by atoms with Gasteiger partial charge in [-0.15, -0.1) is 6.58 Å². The van der Waals surface area contributed by atoms with E-state index in [0.29, 0.717) is 12.3 Å². The first-order valence-corrected chi connectivity index (χ1v) is 4.83. The van der Waals surface area contributed by atoms with Crippen LogP contribution in [-0.2, 0) is 0 Å². The van der Waals surface area contributed by atoms with Gasteiger partial charge in [-0.25, -0.2) is 0 Å². The fourth-order valence-electron chi connectivity index (χ4n) is 1.35. The molecule has 0 unspecified atom stereocenters. The highest BCUT2D eigenvalue weighted by Crippen LogP contribution is 2.02. The number of benzene rings is 1. The van der Waals surface area contributed by atoms with E-state index in [1.165, 1.54) is 0 Å². The topological polar surface area (TPSA) is 35.8 Å². The molecule has 0 aliphatic carbocycles. The smallest absolute Gasteiger partial charge is 0.101 e. The number of likely N-dealkylation sites (N-methyl/N-ethyl adjacent to an activating group) is 1. The molecule has 0 aliphatic rings. The van der Waals surface area contributed by atoms with E-state index in [-0.39, 0.29) is 0 Å². The molecule has 15 heavy (non-hydrogen) atoms. The van der Waals surface area contributed by atoms with E-state index in [1.54, 1.807) is 0 Å². The minimum absolute atomic E-state index is 0.604. The van der Waals surface area contributed by atoms with E-state index in [1.807, 2.05) is 48.4 Å². The third-order valence-electron chi connectivity index (χ3n) is 2.09. The van der Waals surface area contributed by atoms with Crippen molar-refractivity contribution >= 4 is 5.71 Å². The Bertz CT molecular complexity index is 333. The molecule has 0 aliphatic heterocycles. The van der Waals surface area contributed by atoms with Crippen LogP contribution in [0.5, 0.6) is 0 Å². The van der Waals surface area contributed by atoms with Gasteiger partial charge in [-0.1, -0.05) is 41.6 Å². The summed E-state index contributed by atoms with van der Waals surface area (Å²) in [6, 6.07) is 9.64. The summed E-state index contributed by atoms with van der Waals surface area (Å²) in [4.78, 5) is 2.02. The molecule has 1 aromatic carbocycles. The van der Waals surface area contributed by atoms with E-state index in [2.05, 4.69) is 11.7 Å². The monoisotopic (exact) mass is 204 g/mol. The first kappa shape index (κ1) is 11.5. The minimum atomic E-state index is 0.604. The van der Waals surface area contributed by atoms with E-state index >= 15 is 0 Å². The Morgan fingerprint density at radius 2 is 2.13 bits per heavy atom. The summed E-state index contributed by atoms with van der Waals surface area (Å²) in [7, 11) is 1.95. The predicted octanol–water partition coefficient (Wildman–Crippen LogP) is 1.98. The molecule has 0 radical (unpaired) electrons. The molecule has 1 aromatic rings. The largest absolute Gasteiger partial charge is 0.411 e. The van der Waals surface area contributed by atoms with E-state index in [0.717, 1.165) is 12.1 Å². The molecule has 0 saturated heterocycles. The maximum Gasteiger partial charge on any atom is 0.101 e. The van der Waals surface area contributed by atoms with Gasteiger partial charge in [0.25, 0.3) is 0 Å². The summed E-state index contributed by atoms with van der Waals surface area (Å²) in [5, 5.41) is 12.3.